The van der Waals surface area contributed by atoms with Crippen LogP contribution in [0.15, 0.2) is 0 Å². The van der Waals surface area contributed by atoms with E-state index >= 15 is 0 Å². The molecule has 2 nitrogen and oxygen atoms in total. The van der Waals surface area contributed by atoms with E-state index in [0.29, 0.717) is 0 Å². The molecule has 15 heavy (non-hydrogen) atoms. The van der Waals surface area contributed by atoms with Gasteiger partial charge in [0.2, 0.25) is 0 Å². The minimum atomic E-state index is 1.11. The Morgan fingerprint density at radius 1 is 1.00 bits per heavy atom. The van der Waals surface area contributed by atoms with Crippen LogP contribution in [0.2, 0.25) is 0 Å². The first kappa shape index (κ1) is 11.4. The van der Waals surface area contributed by atoms with Crippen molar-refractivity contribution in [2.45, 2.75) is 44.9 Å². The molecule has 1 saturated heterocycles. The molecule has 0 radical (unpaired) electrons. The second-order valence-electron chi connectivity index (χ2n) is 5.24. The van der Waals surface area contributed by atoms with Crippen molar-refractivity contribution in [2.24, 2.45) is 5.92 Å². The zero-order valence-electron chi connectivity index (χ0n) is 10.0. The van der Waals surface area contributed by atoms with Gasteiger partial charge in [0, 0.05) is 0 Å². The summed E-state index contributed by atoms with van der Waals surface area (Å²) < 4.78 is 0. The summed E-state index contributed by atoms with van der Waals surface area (Å²) in [6.07, 6.45) is 10.1. The molecule has 1 saturated carbocycles. The van der Waals surface area contributed by atoms with Gasteiger partial charge in [-0.25, -0.2) is 0 Å². The van der Waals surface area contributed by atoms with Crippen molar-refractivity contribution >= 4 is 0 Å². The van der Waals surface area contributed by atoms with Gasteiger partial charge < -0.3 is 10.2 Å². The van der Waals surface area contributed by atoms with Crippen LogP contribution >= 0.6 is 0 Å². The summed E-state index contributed by atoms with van der Waals surface area (Å²) in [6, 6.07) is 0. The van der Waals surface area contributed by atoms with Crippen LogP contribution < -0.4 is 5.32 Å². The maximum Gasteiger partial charge on any atom is -0.000664 e. The highest BCUT2D eigenvalue weighted by molar-refractivity contribution is 4.73. The molecule has 0 amide bonds. The van der Waals surface area contributed by atoms with E-state index in [4.69, 9.17) is 0 Å². The predicted octanol–water partition coefficient (Wildman–Crippen LogP) is 2.25. The van der Waals surface area contributed by atoms with Gasteiger partial charge in [-0.2, -0.15) is 0 Å². The first-order chi connectivity index (χ1) is 7.45. The van der Waals surface area contributed by atoms with Crippen LogP contribution in [-0.2, 0) is 0 Å². The molecule has 0 aromatic carbocycles. The molecule has 1 N–H and O–H groups in total. The Morgan fingerprint density at radius 2 is 1.73 bits per heavy atom. The fraction of sp³-hybridized carbons (Fsp3) is 1.00. The van der Waals surface area contributed by atoms with E-state index < -0.39 is 0 Å². The van der Waals surface area contributed by atoms with Gasteiger partial charge in [-0.3, -0.25) is 0 Å². The quantitative estimate of drug-likeness (QED) is 0.618. The third-order valence-electron chi connectivity index (χ3n) is 3.69. The van der Waals surface area contributed by atoms with Crippen molar-refractivity contribution in [3.05, 3.63) is 0 Å². The monoisotopic (exact) mass is 210 g/mol. The lowest BCUT2D eigenvalue weighted by molar-refractivity contribution is 0.331. The summed E-state index contributed by atoms with van der Waals surface area (Å²) in [6.45, 7) is 6.48. The van der Waals surface area contributed by atoms with Crippen molar-refractivity contribution in [1.29, 1.82) is 0 Å². The van der Waals surface area contributed by atoms with E-state index in [1.807, 2.05) is 0 Å². The zero-order chi connectivity index (χ0) is 10.3. The summed E-state index contributed by atoms with van der Waals surface area (Å²) >= 11 is 0. The smallest absolute Gasteiger partial charge is 0.000664 e. The SMILES string of the molecule is C(CNCCCN1CCCC1)CC1CC1. The maximum absolute atomic E-state index is 3.57. The number of hydrogen-bond donors (Lipinski definition) is 1. The van der Waals surface area contributed by atoms with Crippen molar-refractivity contribution in [3.63, 3.8) is 0 Å². The Balaban J connectivity index is 1.32. The highest BCUT2D eigenvalue weighted by atomic mass is 15.1. The van der Waals surface area contributed by atoms with Gasteiger partial charge in [-0.1, -0.05) is 12.8 Å². The first-order valence-corrected chi connectivity index (χ1v) is 6.88. The van der Waals surface area contributed by atoms with Crippen LogP contribution in [0.4, 0.5) is 0 Å². The van der Waals surface area contributed by atoms with E-state index in [1.54, 1.807) is 0 Å². The van der Waals surface area contributed by atoms with Crippen LogP contribution in [0.1, 0.15) is 44.9 Å². The summed E-state index contributed by atoms with van der Waals surface area (Å²) in [7, 11) is 0. The Morgan fingerprint density at radius 3 is 2.47 bits per heavy atom. The maximum atomic E-state index is 3.57. The molecule has 0 bridgehead atoms. The normalized spacial score (nSPS) is 22.4. The first-order valence-electron chi connectivity index (χ1n) is 6.88. The van der Waals surface area contributed by atoms with Crippen molar-refractivity contribution in [2.75, 3.05) is 32.7 Å². The Labute approximate surface area is 94.4 Å². The van der Waals surface area contributed by atoms with Gasteiger partial charge in [0.05, 0.1) is 0 Å². The number of rotatable bonds is 8. The molecule has 1 heterocycles. The van der Waals surface area contributed by atoms with Crippen molar-refractivity contribution in [1.82, 2.24) is 10.2 Å². The molecule has 2 fully saturated rings. The molecule has 2 heteroatoms. The molecule has 0 spiro atoms. The molecule has 0 aromatic rings. The van der Waals surface area contributed by atoms with E-state index in [0.717, 1.165) is 5.92 Å². The number of likely N-dealkylation sites (tertiary alicyclic amines) is 1. The van der Waals surface area contributed by atoms with Crippen LogP contribution in [-0.4, -0.2) is 37.6 Å². The molecule has 2 rings (SSSR count). The number of nitrogens with one attached hydrogen (secondary N) is 1. The highest BCUT2D eigenvalue weighted by Crippen LogP contribution is 2.33. The number of hydrogen-bond acceptors (Lipinski definition) is 2. The largest absolute Gasteiger partial charge is 0.317 e. The van der Waals surface area contributed by atoms with Gasteiger partial charge in [-0.15, -0.1) is 0 Å². The minimum Gasteiger partial charge on any atom is -0.317 e. The molecule has 88 valence electrons. The average Bonchev–Trinajstić information content (AvgIpc) is 2.92. The summed E-state index contributed by atoms with van der Waals surface area (Å²) in [5.74, 6) is 1.11. The van der Waals surface area contributed by atoms with Gasteiger partial charge in [0.1, 0.15) is 0 Å². The van der Waals surface area contributed by atoms with Crippen LogP contribution in [0.25, 0.3) is 0 Å². The van der Waals surface area contributed by atoms with Crippen LogP contribution in [0.5, 0.6) is 0 Å². The van der Waals surface area contributed by atoms with Crippen molar-refractivity contribution < 1.29 is 0 Å². The Bertz CT molecular complexity index is 160. The summed E-state index contributed by atoms with van der Waals surface area (Å²) in [5, 5.41) is 3.57. The van der Waals surface area contributed by atoms with E-state index in [9.17, 15) is 0 Å². The molecule has 0 aromatic heterocycles. The fourth-order valence-electron chi connectivity index (χ4n) is 2.48. The zero-order valence-corrected chi connectivity index (χ0v) is 10.0. The lowest BCUT2D eigenvalue weighted by Crippen LogP contribution is -2.25. The molecule has 1 aliphatic carbocycles. The van der Waals surface area contributed by atoms with Gasteiger partial charge in [0.15, 0.2) is 0 Å². The molecular weight excluding hydrogens is 184 g/mol. The fourth-order valence-corrected chi connectivity index (χ4v) is 2.48. The summed E-state index contributed by atoms with van der Waals surface area (Å²) in [5.41, 5.74) is 0. The topological polar surface area (TPSA) is 15.3 Å². The number of nitrogens with zero attached hydrogens (tertiary/aromatic N) is 1. The van der Waals surface area contributed by atoms with E-state index in [1.165, 1.54) is 77.7 Å². The molecule has 2 aliphatic rings. The third-order valence-corrected chi connectivity index (χ3v) is 3.69. The van der Waals surface area contributed by atoms with E-state index in [-0.39, 0.29) is 0 Å². The Hall–Kier alpha value is -0.0800. The molecular formula is C13H26N2. The van der Waals surface area contributed by atoms with Gasteiger partial charge in [-0.05, 0) is 70.7 Å². The van der Waals surface area contributed by atoms with Crippen LogP contribution in [0.3, 0.4) is 0 Å². The van der Waals surface area contributed by atoms with Crippen LogP contribution in [0, 0.1) is 5.92 Å². The lowest BCUT2D eigenvalue weighted by atomic mass is 10.2. The highest BCUT2D eigenvalue weighted by Gasteiger charge is 2.19. The van der Waals surface area contributed by atoms with E-state index in [2.05, 4.69) is 10.2 Å². The molecule has 0 atom stereocenters. The van der Waals surface area contributed by atoms with Gasteiger partial charge >= 0.3 is 0 Å². The standard InChI is InChI=1S/C13H26N2/c1-2-11-15(10-1)12-4-9-14-8-3-5-13-6-7-13/h13-14H,1-12H2. The summed E-state index contributed by atoms with van der Waals surface area (Å²) in [4.78, 5) is 2.60. The molecule has 0 unspecified atom stereocenters. The average molecular weight is 210 g/mol. The second kappa shape index (κ2) is 6.49. The molecule has 1 aliphatic heterocycles. The second-order valence-corrected chi connectivity index (χ2v) is 5.24. The lowest BCUT2D eigenvalue weighted by Gasteiger charge is -2.14. The Kier molecular flexibility index (Phi) is 4.94. The predicted molar refractivity (Wildman–Crippen MR) is 65.1 cm³/mol. The minimum absolute atomic E-state index is 1.11. The third kappa shape index (κ3) is 4.98. The van der Waals surface area contributed by atoms with Gasteiger partial charge in [0.25, 0.3) is 0 Å². The van der Waals surface area contributed by atoms with Crippen molar-refractivity contribution in [3.8, 4) is 0 Å².